The summed E-state index contributed by atoms with van der Waals surface area (Å²) in [5.74, 6) is 1.06. The summed E-state index contributed by atoms with van der Waals surface area (Å²) in [5, 5.41) is 1.41. The molecule has 0 saturated carbocycles. The Morgan fingerprint density at radius 2 is 2.06 bits per heavy atom. The van der Waals surface area contributed by atoms with Crippen LogP contribution < -0.4 is 5.73 Å². The highest BCUT2D eigenvalue weighted by molar-refractivity contribution is 7.98. The lowest BCUT2D eigenvalue weighted by atomic mass is 10.0. The van der Waals surface area contributed by atoms with Crippen molar-refractivity contribution in [1.29, 1.82) is 0 Å². The first-order valence-electron chi connectivity index (χ1n) is 5.87. The zero-order valence-electron chi connectivity index (χ0n) is 11.0. The van der Waals surface area contributed by atoms with Crippen molar-refractivity contribution in [1.82, 2.24) is 4.90 Å². The van der Waals surface area contributed by atoms with Crippen LogP contribution in [-0.2, 0) is 0 Å². The Morgan fingerprint density at radius 1 is 1.39 bits per heavy atom. The molecule has 1 aromatic rings. The summed E-state index contributed by atoms with van der Waals surface area (Å²) in [4.78, 5) is 2.26. The normalized spacial score (nSPS) is 14.8. The van der Waals surface area contributed by atoms with E-state index in [9.17, 15) is 0 Å². The fourth-order valence-corrected chi connectivity index (χ4v) is 3.09. The summed E-state index contributed by atoms with van der Waals surface area (Å²) in [6.45, 7) is 2.72. The van der Waals surface area contributed by atoms with E-state index in [-0.39, 0.29) is 6.04 Å². The maximum atomic E-state index is 6.25. The van der Waals surface area contributed by atoms with Crippen molar-refractivity contribution in [3.05, 3.63) is 33.8 Å². The quantitative estimate of drug-likeness (QED) is 0.869. The van der Waals surface area contributed by atoms with Crippen molar-refractivity contribution in [2.45, 2.75) is 19.0 Å². The largest absolute Gasteiger partial charge is 0.329 e. The molecule has 1 aromatic carbocycles. The van der Waals surface area contributed by atoms with Gasteiger partial charge in [-0.05, 0) is 44.0 Å². The average molecular weight is 307 g/mol. The standard InChI is InChI=1S/C13H20Cl2N2S/c1-9(8-18-3)17(2)13(7-16)11-6-10(14)4-5-12(11)15/h4-6,9,13H,7-8,16H2,1-3H3. The highest BCUT2D eigenvalue weighted by atomic mass is 35.5. The molecule has 0 fully saturated rings. The Balaban J connectivity index is 2.98. The van der Waals surface area contributed by atoms with Crippen molar-refractivity contribution in [2.75, 3.05) is 25.6 Å². The third kappa shape index (κ3) is 4.04. The van der Waals surface area contributed by atoms with Gasteiger partial charge >= 0.3 is 0 Å². The summed E-state index contributed by atoms with van der Waals surface area (Å²) in [7, 11) is 2.08. The molecule has 0 spiro atoms. The van der Waals surface area contributed by atoms with Crippen LogP contribution in [0.4, 0.5) is 0 Å². The lowest BCUT2D eigenvalue weighted by molar-refractivity contribution is 0.204. The van der Waals surface area contributed by atoms with Crippen molar-refractivity contribution >= 4 is 35.0 Å². The number of hydrogen-bond acceptors (Lipinski definition) is 3. The number of halogens is 2. The smallest absolute Gasteiger partial charge is 0.0485 e. The van der Waals surface area contributed by atoms with Crippen LogP contribution in [0.3, 0.4) is 0 Å². The van der Waals surface area contributed by atoms with E-state index < -0.39 is 0 Å². The average Bonchev–Trinajstić information content (AvgIpc) is 2.34. The molecule has 0 heterocycles. The van der Waals surface area contributed by atoms with Gasteiger partial charge in [-0.3, -0.25) is 4.90 Å². The number of hydrogen-bond donors (Lipinski definition) is 1. The topological polar surface area (TPSA) is 29.3 Å². The monoisotopic (exact) mass is 306 g/mol. The second-order valence-electron chi connectivity index (χ2n) is 4.39. The minimum Gasteiger partial charge on any atom is -0.329 e. The molecule has 0 aliphatic rings. The molecule has 18 heavy (non-hydrogen) atoms. The molecular formula is C13H20Cl2N2S. The number of thioether (sulfide) groups is 1. The van der Waals surface area contributed by atoms with Gasteiger partial charge in [-0.15, -0.1) is 0 Å². The van der Waals surface area contributed by atoms with Gasteiger partial charge in [0, 0.05) is 34.4 Å². The van der Waals surface area contributed by atoms with Gasteiger partial charge in [0.05, 0.1) is 0 Å². The summed E-state index contributed by atoms with van der Waals surface area (Å²) in [6.07, 6.45) is 2.11. The Kier molecular flexibility index (Phi) is 6.82. The van der Waals surface area contributed by atoms with Crippen LogP contribution in [0.5, 0.6) is 0 Å². The van der Waals surface area contributed by atoms with Gasteiger partial charge in [-0.1, -0.05) is 23.2 Å². The molecular weight excluding hydrogens is 287 g/mol. The highest BCUT2D eigenvalue weighted by Crippen LogP contribution is 2.30. The first-order chi connectivity index (χ1) is 8.51. The van der Waals surface area contributed by atoms with Gasteiger partial charge in [0.2, 0.25) is 0 Å². The molecule has 102 valence electrons. The van der Waals surface area contributed by atoms with Crippen LogP contribution in [0.1, 0.15) is 18.5 Å². The number of nitrogens with zero attached hydrogens (tertiary/aromatic N) is 1. The molecule has 0 bridgehead atoms. The van der Waals surface area contributed by atoms with E-state index in [1.807, 2.05) is 23.9 Å². The molecule has 2 atom stereocenters. The van der Waals surface area contributed by atoms with Crippen molar-refractivity contribution < 1.29 is 0 Å². The Bertz CT molecular complexity index is 387. The number of nitrogens with two attached hydrogens (primary N) is 1. The summed E-state index contributed by atoms with van der Waals surface area (Å²) in [6, 6.07) is 6.06. The molecule has 0 saturated heterocycles. The Hall–Kier alpha value is 0.0700. The number of likely N-dealkylation sites (N-methyl/N-ethyl adjacent to an activating group) is 1. The molecule has 2 nitrogen and oxygen atoms in total. The van der Waals surface area contributed by atoms with Crippen molar-refractivity contribution in [3.63, 3.8) is 0 Å². The van der Waals surface area contributed by atoms with E-state index in [4.69, 9.17) is 28.9 Å². The molecule has 1 rings (SSSR count). The van der Waals surface area contributed by atoms with Gasteiger partial charge in [0.25, 0.3) is 0 Å². The first kappa shape index (κ1) is 16.1. The first-order valence-corrected chi connectivity index (χ1v) is 8.02. The molecule has 0 aliphatic heterocycles. The van der Waals surface area contributed by atoms with Gasteiger partial charge in [0.1, 0.15) is 0 Å². The lowest BCUT2D eigenvalue weighted by Gasteiger charge is -2.33. The molecule has 2 unspecified atom stereocenters. The molecule has 0 radical (unpaired) electrons. The lowest BCUT2D eigenvalue weighted by Crippen LogP contribution is -2.38. The number of benzene rings is 1. The predicted octanol–water partition coefficient (Wildman–Crippen LogP) is 3.68. The fourth-order valence-electron chi connectivity index (χ4n) is 1.95. The Morgan fingerprint density at radius 3 is 2.61 bits per heavy atom. The van der Waals surface area contributed by atoms with Gasteiger partial charge in [0.15, 0.2) is 0 Å². The summed E-state index contributed by atoms with van der Waals surface area (Å²) < 4.78 is 0. The third-order valence-electron chi connectivity index (χ3n) is 3.14. The van der Waals surface area contributed by atoms with Gasteiger partial charge in [-0.25, -0.2) is 0 Å². The van der Waals surface area contributed by atoms with Crippen LogP contribution >= 0.6 is 35.0 Å². The zero-order valence-corrected chi connectivity index (χ0v) is 13.3. The second kappa shape index (κ2) is 7.61. The van der Waals surface area contributed by atoms with Crippen LogP contribution in [-0.4, -0.2) is 36.5 Å². The van der Waals surface area contributed by atoms with E-state index in [0.717, 1.165) is 16.3 Å². The fraction of sp³-hybridized carbons (Fsp3) is 0.538. The van der Waals surface area contributed by atoms with Crippen molar-refractivity contribution in [2.24, 2.45) is 5.73 Å². The second-order valence-corrected chi connectivity index (χ2v) is 6.14. The molecule has 2 N–H and O–H groups in total. The molecule has 5 heteroatoms. The van der Waals surface area contributed by atoms with Gasteiger partial charge < -0.3 is 5.73 Å². The maximum Gasteiger partial charge on any atom is 0.0485 e. The van der Waals surface area contributed by atoms with Crippen LogP contribution in [0, 0.1) is 0 Å². The van der Waals surface area contributed by atoms with E-state index in [1.165, 1.54) is 0 Å². The highest BCUT2D eigenvalue weighted by Gasteiger charge is 2.22. The van der Waals surface area contributed by atoms with Crippen LogP contribution in [0.2, 0.25) is 10.0 Å². The Labute approximate surface area is 124 Å². The summed E-state index contributed by atoms with van der Waals surface area (Å²) >= 11 is 14.1. The van der Waals surface area contributed by atoms with Crippen molar-refractivity contribution in [3.8, 4) is 0 Å². The molecule has 0 aromatic heterocycles. The van der Waals surface area contributed by atoms with E-state index in [0.29, 0.717) is 17.6 Å². The van der Waals surface area contributed by atoms with E-state index >= 15 is 0 Å². The minimum absolute atomic E-state index is 0.0957. The zero-order chi connectivity index (χ0) is 13.7. The van der Waals surface area contributed by atoms with Crippen LogP contribution in [0.25, 0.3) is 0 Å². The maximum absolute atomic E-state index is 6.25. The predicted molar refractivity (Wildman–Crippen MR) is 83.9 cm³/mol. The minimum atomic E-state index is 0.0957. The SMILES string of the molecule is CSCC(C)N(C)C(CN)c1cc(Cl)ccc1Cl. The molecule has 0 aliphatic carbocycles. The number of rotatable bonds is 6. The summed E-state index contributed by atoms with van der Waals surface area (Å²) in [5.41, 5.74) is 6.91. The van der Waals surface area contributed by atoms with Crippen LogP contribution in [0.15, 0.2) is 18.2 Å². The van der Waals surface area contributed by atoms with E-state index in [2.05, 4.69) is 25.1 Å². The van der Waals surface area contributed by atoms with Gasteiger partial charge in [-0.2, -0.15) is 11.8 Å². The third-order valence-corrected chi connectivity index (χ3v) is 4.53. The van der Waals surface area contributed by atoms with E-state index in [1.54, 1.807) is 6.07 Å². The molecule has 0 amide bonds.